The van der Waals surface area contributed by atoms with Gasteiger partial charge in [0.2, 0.25) is 0 Å². The van der Waals surface area contributed by atoms with Crippen LogP contribution in [0.1, 0.15) is 44.0 Å². The molecule has 0 saturated carbocycles. The molecule has 0 heterocycles. The number of nitrogens with two attached hydrogens (primary N) is 1. The van der Waals surface area contributed by atoms with Crippen molar-refractivity contribution in [2.45, 2.75) is 33.6 Å². The van der Waals surface area contributed by atoms with Gasteiger partial charge in [-0.2, -0.15) is 5.10 Å². The van der Waals surface area contributed by atoms with Crippen LogP contribution in [0.15, 0.2) is 29.4 Å². The molecule has 0 aliphatic heterocycles. The first-order chi connectivity index (χ1) is 8.49. The summed E-state index contributed by atoms with van der Waals surface area (Å²) >= 11 is 0. The highest BCUT2D eigenvalue weighted by Gasteiger charge is 2.04. The van der Waals surface area contributed by atoms with Crippen LogP contribution in [0, 0.1) is 5.92 Å². The zero-order valence-corrected chi connectivity index (χ0v) is 11.2. The van der Waals surface area contributed by atoms with Crippen LogP contribution >= 0.6 is 0 Å². The van der Waals surface area contributed by atoms with Crippen molar-refractivity contribution in [2.75, 3.05) is 5.73 Å². The first-order valence-corrected chi connectivity index (χ1v) is 6.18. The van der Waals surface area contributed by atoms with Gasteiger partial charge >= 0.3 is 0 Å². The number of carbonyl (C=O) groups excluding carboxylic acids is 1. The molecule has 0 aromatic heterocycles. The maximum atomic E-state index is 11.7. The van der Waals surface area contributed by atoms with Crippen LogP contribution in [0.25, 0.3) is 0 Å². The van der Waals surface area contributed by atoms with Gasteiger partial charge in [0.25, 0.3) is 5.91 Å². The summed E-state index contributed by atoms with van der Waals surface area (Å²) in [5.41, 5.74) is 10.2. The fourth-order valence-electron chi connectivity index (χ4n) is 1.40. The van der Waals surface area contributed by atoms with Gasteiger partial charge in [0.1, 0.15) is 0 Å². The molecule has 4 nitrogen and oxygen atoms in total. The second-order valence-corrected chi connectivity index (χ2v) is 4.84. The molecular formula is C14H21N3O. The Bertz CT molecular complexity index is 421. The third-order valence-corrected chi connectivity index (χ3v) is 2.60. The monoisotopic (exact) mass is 247 g/mol. The van der Waals surface area contributed by atoms with Crippen LogP contribution < -0.4 is 11.2 Å². The lowest BCUT2D eigenvalue weighted by atomic mass is 10.1. The van der Waals surface area contributed by atoms with Crippen LogP contribution in [0.5, 0.6) is 0 Å². The Labute approximate surface area is 108 Å². The van der Waals surface area contributed by atoms with E-state index in [1.54, 1.807) is 24.3 Å². The third-order valence-electron chi connectivity index (χ3n) is 2.60. The molecule has 3 N–H and O–H groups in total. The topological polar surface area (TPSA) is 67.5 Å². The molecule has 1 rings (SSSR count). The third kappa shape index (κ3) is 4.99. The average molecular weight is 247 g/mol. The van der Waals surface area contributed by atoms with E-state index in [1.165, 1.54) is 0 Å². The summed E-state index contributed by atoms with van der Waals surface area (Å²) < 4.78 is 0. The number of amides is 1. The largest absolute Gasteiger partial charge is 0.399 e. The molecule has 0 atom stereocenters. The van der Waals surface area contributed by atoms with Gasteiger partial charge in [-0.3, -0.25) is 4.79 Å². The predicted molar refractivity (Wildman–Crippen MR) is 75.5 cm³/mol. The van der Waals surface area contributed by atoms with Gasteiger partial charge in [0.05, 0.1) is 0 Å². The summed E-state index contributed by atoms with van der Waals surface area (Å²) in [5.74, 6) is 0.432. The zero-order valence-electron chi connectivity index (χ0n) is 11.2. The van der Waals surface area contributed by atoms with Crippen molar-refractivity contribution in [2.24, 2.45) is 11.0 Å². The lowest BCUT2D eigenvalue weighted by molar-refractivity contribution is 0.0954. The Kier molecular flexibility index (Phi) is 5.36. The Morgan fingerprint density at radius 1 is 1.33 bits per heavy atom. The van der Waals surface area contributed by atoms with Crippen molar-refractivity contribution in [3.8, 4) is 0 Å². The zero-order chi connectivity index (χ0) is 13.5. The van der Waals surface area contributed by atoms with Gasteiger partial charge in [-0.25, -0.2) is 5.43 Å². The molecular weight excluding hydrogens is 226 g/mol. The van der Waals surface area contributed by atoms with E-state index in [2.05, 4.69) is 24.4 Å². The van der Waals surface area contributed by atoms with E-state index in [0.717, 1.165) is 18.6 Å². The first kappa shape index (κ1) is 14.2. The molecule has 4 heteroatoms. The summed E-state index contributed by atoms with van der Waals surface area (Å²) in [6.07, 6.45) is 1.98. The van der Waals surface area contributed by atoms with Crippen LogP contribution in [0.3, 0.4) is 0 Å². The minimum atomic E-state index is -0.209. The molecule has 0 aliphatic rings. The normalized spacial score (nSPS) is 11.7. The quantitative estimate of drug-likeness (QED) is 0.477. The van der Waals surface area contributed by atoms with Crippen molar-refractivity contribution >= 4 is 17.3 Å². The van der Waals surface area contributed by atoms with E-state index >= 15 is 0 Å². The highest BCUT2D eigenvalue weighted by Crippen LogP contribution is 2.06. The van der Waals surface area contributed by atoms with E-state index < -0.39 is 0 Å². The number of hydrogen-bond donors (Lipinski definition) is 2. The summed E-state index contributed by atoms with van der Waals surface area (Å²) in [5, 5.41) is 4.08. The van der Waals surface area contributed by atoms with E-state index in [0.29, 0.717) is 17.2 Å². The lowest BCUT2D eigenvalue weighted by Gasteiger charge is -2.05. The van der Waals surface area contributed by atoms with Crippen LogP contribution in [0.2, 0.25) is 0 Å². The van der Waals surface area contributed by atoms with Crippen LogP contribution in [-0.4, -0.2) is 11.6 Å². The van der Waals surface area contributed by atoms with Crippen molar-refractivity contribution in [3.05, 3.63) is 29.8 Å². The minimum absolute atomic E-state index is 0.209. The molecule has 0 spiro atoms. The number of anilines is 1. The minimum Gasteiger partial charge on any atom is -0.399 e. The Balaban J connectivity index is 2.49. The van der Waals surface area contributed by atoms with Gasteiger partial charge in [-0.1, -0.05) is 13.8 Å². The average Bonchev–Trinajstić information content (AvgIpc) is 2.34. The van der Waals surface area contributed by atoms with Gasteiger partial charge in [-0.15, -0.1) is 0 Å². The van der Waals surface area contributed by atoms with Crippen LogP contribution in [0.4, 0.5) is 5.69 Å². The Hall–Kier alpha value is -1.84. The summed E-state index contributed by atoms with van der Waals surface area (Å²) in [4.78, 5) is 11.7. The molecule has 18 heavy (non-hydrogen) atoms. The number of hydrogen-bond acceptors (Lipinski definition) is 3. The standard InChI is InChI=1S/C14H21N3O/c1-10(2)4-5-11(3)16-17-14(18)12-6-8-13(15)9-7-12/h6-10H,4-5,15H2,1-3H3,(H,17,18)/b16-11-. The van der Waals surface area contributed by atoms with E-state index in [4.69, 9.17) is 5.73 Å². The number of hydrazone groups is 1. The highest BCUT2D eigenvalue weighted by molar-refractivity contribution is 5.95. The number of nitrogens with one attached hydrogen (secondary N) is 1. The number of benzene rings is 1. The summed E-state index contributed by atoms with van der Waals surface area (Å²) in [7, 11) is 0. The van der Waals surface area contributed by atoms with Crippen molar-refractivity contribution in [1.82, 2.24) is 5.43 Å². The van der Waals surface area contributed by atoms with Gasteiger partial charge < -0.3 is 5.73 Å². The molecule has 1 aromatic carbocycles. The molecule has 0 saturated heterocycles. The van der Waals surface area contributed by atoms with E-state index in [-0.39, 0.29) is 5.91 Å². The number of carbonyl (C=O) groups is 1. The Morgan fingerprint density at radius 2 is 1.94 bits per heavy atom. The van der Waals surface area contributed by atoms with Gasteiger partial charge in [0, 0.05) is 17.0 Å². The molecule has 1 amide bonds. The van der Waals surface area contributed by atoms with Crippen molar-refractivity contribution in [3.63, 3.8) is 0 Å². The van der Waals surface area contributed by atoms with E-state index in [9.17, 15) is 4.79 Å². The second-order valence-electron chi connectivity index (χ2n) is 4.84. The van der Waals surface area contributed by atoms with Gasteiger partial charge in [-0.05, 0) is 49.9 Å². The number of rotatable bonds is 5. The lowest BCUT2D eigenvalue weighted by Crippen LogP contribution is -2.19. The fourth-order valence-corrected chi connectivity index (χ4v) is 1.40. The van der Waals surface area contributed by atoms with E-state index in [1.807, 2.05) is 6.92 Å². The Morgan fingerprint density at radius 3 is 2.50 bits per heavy atom. The predicted octanol–water partition coefficient (Wildman–Crippen LogP) is 2.81. The fraction of sp³-hybridized carbons (Fsp3) is 0.429. The summed E-state index contributed by atoms with van der Waals surface area (Å²) in [6, 6.07) is 6.77. The number of nitrogen functional groups attached to an aromatic ring is 1. The van der Waals surface area contributed by atoms with Crippen molar-refractivity contribution in [1.29, 1.82) is 0 Å². The van der Waals surface area contributed by atoms with Crippen molar-refractivity contribution < 1.29 is 4.79 Å². The highest BCUT2D eigenvalue weighted by atomic mass is 16.2. The molecule has 98 valence electrons. The molecule has 0 fully saturated rings. The van der Waals surface area contributed by atoms with Crippen LogP contribution in [-0.2, 0) is 0 Å². The van der Waals surface area contributed by atoms with Gasteiger partial charge in [0.15, 0.2) is 0 Å². The molecule has 0 bridgehead atoms. The molecule has 0 unspecified atom stereocenters. The molecule has 0 aliphatic carbocycles. The maximum absolute atomic E-state index is 11.7. The smallest absolute Gasteiger partial charge is 0.271 e. The molecule has 1 aromatic rings. The first-order valence-electron chi connectivity index (χ1n) is 6.18. The SMILES string of the molecule is C/C(CCC(C)C)=N/NC(=O)c1ccc(N)cc1. The maximum Gasteiger partial charge on any atom is 0.271 e. The second kappa shape index (κ2) is 6.79. The number of nitrogens with zero attached hydrogens (tertiary/aromatic N) is 1. The summed E-state index contributed by atoms with van der Waals surface area (Å²) in [6.45, 7) is 6.26. The molecule has 0 radical (unpaired) electrons.